The molecule has 3 N–H and O–H groups in total. The summed E-state index contributed by atoms with van der Waals surface area (Å²) in [7, 11) is 0. The highest BCUT2D eigenvalue weighted by atomic mass is 35.5. The third-order valence-electron chi connectivity index (χ3n) is 4.06. The number of halogens is 1. The van der Waals surface area contributed by atoms with Gasteiger partial charge in [0.2, 0.25) is 5.91 Å². The van der Waals surface area contributed by atoms with Crippen LogP contribution in [0.3, 0.4) is 0 Å². The van der Waals surface area contributed by atoms with Gasteiger partial charge in [0.15, 0.2) is 0 Å². The van der Waals surface area contributed by atoms with E-state index >= 15 is 0 Å². The minimum atomic E-state index is -0.102. The van der Waals surface area contributed by atoms with Crippen molar-refractivity contribution in [2.45, 2.75) is 33.1 Å². The number of aryl methyl sites for hydroxylation is 1. The second-order valence-corrected chi connectivity index (χ2v) is 6.12. The number of carbonyl (C=O) groups excluding carboxylic acids is 2. The Kier molecular flexibility index (Phi) is 7.52. The van der Waals surface area contributed by atoms with Crippen LogP contribution in [-0.4, -0.2) is 36.3 Å². The molecular weight excluding hydrogens is 314 g/mol. The van der Waals surface area contributed by atoms with Crippen molar-refractivity contribution in [1.82, 2.24) is 4.90 Å². The lowest BCUT2D eigenvalue weighted by Crippen LogP contribution is -2.39. The highest BCUT2D eigenvalue weighted by Crippen LogP contribution is 2.21. The van der Waals surface area contributed by atoms with Crippen molar-refractivity contribution >= 4 is 29.9 Å². The van der Waals surface area contributed by atoms with Crippen molar-refractivity contribution in [3.8, 4) is 0 Å². The first-order valence-corrected chi connectivity index (χ1v) is 7.91. The summed E-state index contributed by atoms with van der Waals surface area (Å²) < 4.78 is 0. The van der Waals surface area contributed by atoms with Gasteiger partial charge in [0, 0.05) is 37.3 Å². The van der Waals surface area contributed by atoms with Gasteiger partial charge >= 0.3 is 0 Å². The molecule has 0 spiro atoms. The molecule has 0 aliphatic carbocycles. The second kappa shape index (κ2) is 8.89. The zero-order valence-corrected chi connectivity index (χ0v) is 14.6. The zero-order valence-electron chi connectivity index (χ0n) is 13.8. The molecule has 0 saturated carbocycles. The molecule has 5 nitrogen and oxygen atoms in total. The van der Waals surface area contributed by atoms with E-state index in [0.29, 0.717) is 24.4 Å². The average molecular weight is 340 g/mol. The number of piperidine rings is 1. The van der Waals surface area contributed by atoms with Gasteiger partial charge in [-0.05, 0) is 49.4 Å². The number of anilines is 1. The third-order valence-corrected chi connectivity index (χ3v) is 4.06. The van der Waals surface area contributed by atoms with Crippen LogP contribution >= 0.6 is 12.4 Å². The van der Waals surface area contributed by atoms with Crippen LogP contribution in [-0.2, 0) is 4.79 Å². The molecule has 2 rings (SSSR count). The molecule has 6 heteroatoms. The minimum Gasteiger partial charge on any atom is -0.338 e. The van der Waals surface area contributed by atoms with Crippen molar-refractivity contribution in [2.24, 2.45) is 11.7 Å². The first-order valence-electron chi connectivity index (χ1n) is 7.91. The molecule has 1 fully saturated rings. The molecule has 1 saturated heterocycles. The number of amides is 2. The number of hydrogen-bond acceptors (Lipinski definition) is 3. The van der Waals surface area contributed by atoms with Gasteiger partial charge in [-0.25, -0.2) is 0 Å². The predicted octanol–water partition coefficient (Wildman–Crippen LogP) is 2.58. The Hall–Kier alpha value is -1.59. The van der Waals surface area contributed by atoms with E-state index < -0.39 is 0 Å². The largest absolute Gasteiger partial charge is 0.338 e. The molecule has 1 aliphatic heterocycles. The van der Waals surface area contributed by atoms with E-state index in [0.717, 1.165) is 30.8 Å². The Morgan fingerprint density at radius 3 is 2.74 bits per heavy atom. The van der Waals surface area contributed by atoms with Gasteiger partial charge in [0.25, 0.3) is 5.91 Å². The van der Waals surface area contributed by atoms with E-state index in [1.807, 2.05) is 17.9 Å². The first kappa shape index (κ1) is 19.5. The molecule has 1 aromatic carbocycles. The van der Waals surface area contributed by atoms with Crippen LogP contribution in [0.25, 0.3) is 0 Å². The number of rotatable bonds is 4. The van der Waals surface area contributed by atoms with Crippen molar-refractivity contribution < 1.29 is 9.59 Å². The molecule has 1 unspecified atom stereocenters. The van der Waals surface area contributed by atoms with Gasteiger partial charge in [-0.3, -0.25) is 9.59 Å². The summed E-state index contributed by atoms with van der Waals surface area (Å²) >= 11 is 0. The molecule has 1 aromatic rings. The van der Waals surface area contributed by atoms with Gasteiger partial charge in [0.05, 0.1) is 0 Å². The average Bonchev–Trinajstić information content (AvgIpc) is 2.49. The monoisotopic (exact) mass is 339 g/mol. The fraction of sp³-hybridized carbons (Fsp3) is 0.529. The van der Waals surface area contributed by atoms with E-state index in [4.69, 9.17) is 5.73 Å². The fourth-order valence-corrected chi connectivity index (χ4v) is 2.84. The summed E-state index contributed by atoms with van der Waals surface area (Å²) in [6.45, 7) is 6.06. The molecule has 1 heterocycles. The molecule has 0 aromatic heterocycles. The van der Waals surface area contributed by atoms with E-state index in [9.17, 15) is 9.59 Å². The Balaban J connectivity index is 0.00000264. The Morgan fingerprint density at radius 1 is 1.39 bits per heavy atom. The maximum absolute atomic E-state index is 12.6. The summed E-state index contributed by atoms with van der Waals surface area (Å²) in [5, 5.41) is 2.82. The van der Waals surface area contributed by atoms with Gasteiger partial charge in [-0.1, -0.05) is 6.92 Å². The Labute approximate surface area is 144 Å². The number of nitrogens with one attached hydrogen (secondary N) is 1. The van der Waals surface area contributed by atoms with Crippen LogP contribution < -0.4 is 11.1 Å². The first-order chi connectivity index (χ1) is 10.5. The molecule has 0 bridgehead atoms. The Bertz CT molecular complexity index is 563. The van der Waals surface area contributed by atoms with E-state index in [1.165, 1.54) is 6.42 Å². The van der Waals surface area contributed by atoms with Crippen molar-refractivity contribution in [3.63, 3.8) is 0 Å². The predicted molar refractivity (Wildman–Crippen MR) is 95.0 cm³/mol. The molecule has 0 radical (unpaired) electrons. The number of likely N-dealkylation sites (tertiary alicyclic amines) is 1. The van der Waals surface area contributed by atoms with Crippen LogP contribution in [0, 0.1) is 12.8 Å². The molecular formula is C17H26ClN3O2. The maximum atomic E-state index is 12.6. The molecule has 2 amide bonds. The zero-order chi connectivity index (χ0) is 16.1. The van der Waals surface area contributed by atoms with Crippen LogP contribution in [0.15, 0.2) is 18.2 Å². The van der Waals surface area contributed by atoms with Crippen LogP contribution in [0.5, 0.6) is 0 Å². The summed E-state index contributed by atoms with van der Waals surface area (Å²) in [5.41, 5.74) is 7.68. The van der Waals surface area contributed by atoms with Gasteiger partial charge in [0.1, 0.15) is 0 Å². The van der Waals surface area contributed by atoms with Gasteiger partial charge < -0.3 is 16.0 Å². The standard InChI is InChI=1S/C17H25N3O2.ClH/c1-12-4-3-9-20(11-12)17(22)14-5-6-15(13(2)10-14)19-16(21)7-8-18;/h5-6,10,12H,3-4,7-9,11,18H2,1-2H3,(H,19,21);1H. The smallest absolute Gasteiger partial charge is 0.253 e. The number of benzene rings is 1. The lowest BCUT2D eigenvalue weighted by atomic mass is 9.99. The highest BCUT2D eigenvalue weighted by Gasteiger charge is 2.22. The molecule has 128 valence electrons. The molecule has 23 heavy (non-hydrogen) atoms. The third kappa shape index (κ3) is 5.22. The lowest BCUT2D eigenvalue weighted by Gasteiger charge is -2.31. The Morgan fingerprint density at radius 2 is 2.13 bits per heavy atom. The van der Waals surface area contributed by atoms with Crippen molar-refractivity contribution in [2.75, 3.05) is 25.0 Å². The SMILES string of the molecule is Cc1cc(C(=O)N2CCCC(C)C2)ccc1NC(=O)CCN.Cl. The summed E-state index contributed by atoms with van der Waals surface area (Å²) in [6, 6.07) is 5.43. The number of nitrogens with zero attached hydrogens (tertiary/aromatic N) is 1. The summed E-state index contributed by atoms with van der Waals surface area (Å²) in [6.07, 6.45) is 2.56. The van der Waals surface area contributed by atoms with Crippen LogP contribution in [0.2, 0.25) is 0 Å². The van der Waals surface area contributed by atoms with Gasteiger partial charge in [-0.2, -0.15) is 0 Å². The van der Waals surface area contributed by atoms with Crippen molar-refractivity contribution in [1.29, 1.82) is 0 Å². The lowest BCUT2D eigenvalue weighted by molar-refractivity contribution is -0.116. The maximum Gasteiger partial charge on any atom is 0.253 e. The minimum absolute atomic E-state index is 0. The number of carbonyl (C=O) groups is 2. The number of hydrogen-bond donors (Lipinski definition) is 2. The van der Waals surface area contributed by atoms with Crippen LogP contribution in [0.1, 0.15) is 42.1 Å². The van der Waals surface area contributed by atoms with E-state index in [-0.39, 0.29) is 24.2 Å². The van der Waals surface area contributed by atoms with Gasteiger partial charge in [-0.15, -0.1) is 12.4 Å². The second-order valence-electron chi connectivity index (χ2n) is 6.12. The summed E-state index contributed by atoms with van der Waals surface area (Å²) in [4.78, 5) is 26.1. The van der Waals surface area contributed by atoms with Crippen molar-refractivity contribution in [3.05, 3.63) is 29.3 Å². The topological polar surface area (TPSA) is 75.4 Å². The normalized spacial score (nSPS) is 17.3. The quantitative estimate of drug-likeness (QED) is 0.885. The molecule has 1 atom stereocenters. The van der Waals surface area contributed by atoms with Crippen LogP contribution in [0.4, 0.5) is 5.69 Å². The van der Waals surface area contributed by atoms with E-state index in [2.05, 4.69) is 12.2 Å². The summed E-state index contributed by atoms with van der Waals surface area (Å²) in [5.74, 6) is 0.539. The fourth-order valence-electron chi connectivity index (χ4n) is 2.84. The van der Waals surface area contributed by atoms with E-state index in [1.54, 1.807) is 12.1 Å². The number of nitrogens with two attached hydrogens (primary N) is 1. The highest BCUT2D eigenvalue weighted by molar-refractivity contribution is 5.96. The molecule has 1 aliphatic rings.